The lowest BCUT2D eigenvalue weighted by Crippen LogP contribution is -2.13. The number of halogens is 1. The predicted octanol–water partition coefficient (Wildman–Crippen LogP) is 4.68. The van der Waals surface area contributed by atoms with Crippen LogP contribution in [0.25, 0.3) is 0 Å². The first-order valence-electron chi connectivity index (χ1n) is 6.45. The zero-order valence-electron chi connectivity index (χ0n) is 12.2. The molecular formula is C15H21ClO2S. The van der Waals surface area contributed by atoms with Crippen molar-refractivity contribution in [3.8, 4) is 5.75 Å². The Kier molecular flexibility index (Phi) is 6.21. The first kappa shape index (κ1) is 16.4. The smallest absolute Gasteiger partial charge is 0.176 e. The zero-order valence-corrected chi connectivity index (χ0v) is 13.7. The Balaban J connectivity index is 3.24. The molecule has 0 fully saturated rings. The van der Waals surface area contributed by atoms with Gasteiger partial charge in [0.1, 0.15) is 5.75 Å². The Morgan fingerprint density at radius 2 is 2.05 bits per heavy atom. The van der Waals surface area contributed by atoms with E-state index in [1.165, 1.54) is 0 Å². The van der Waals surface area contributed by atoms with E-state index in [4.69, 9.17) is 16.3 Å². The SMILES string of the molecule is CCSCC(=O)c1c(OC(C)C)cc(C)c(Cl)c1C. The minimum absolute atomic E-state index is 0.0327. The van der Waals surface area contributed by atoms with Crippen LogP contribution in [0.2, 0.25) is 5.02 Å². The molecule has 1 aromatic carbocycles. The van der Waals surface area contributed by atoms with Gasteiger partial charge in [0.05, 0.1) is 17.4 Å². The van der Waals surface area contributed by atoms with Crippen LogP contribution in [-0.4, -0.2) is 23.4 Å². The lowest BCUT2D eigenvalue weighted by molar-refractivity contribution is 0.101. The highest BCUT2D eigenvalue weighted by Crippen LogP contribution is 2.33. The van der Waals surface area contributed by atoms with Crippen molar-refractivity contribution in [2.24, 2.45) is 0 Å². The number of carbonyl (C=O) groups excluding carboxylic acids is 1. The average molecular weight is 301 g/mol. The number of Topliss-reactive ketones (excluding diaryl/α,β-unsaturated/α-hetero) is 1. The summed E-state index contributed by atoms with van der Waals surface area (Å²) in [6.45, 7) is 9.75. The maximum absolute atomic E-state index is 12.3. The molecule has 0 aromatic heterocycles. The molecule has 4 heteroatoms. The van der Waals surface area contributed by atoms with Crippen LogP contribution in [0.15, 0.2) is 6.07 Å². The third-order valence-corrected chi connectivity index (χ3v) is 4.18. The molecule has 0 atom stereocenters. The van der Waals surface area contributed by atoms with Gasteiger partial charge in [0.2, 0.25) is 0 Å². The number of rotatable bonds is 6. The van der Waals surface area contributed by atoms with E-state index in [0.29, 0.717) is 22.1 Å². The lowest BCUT2D eigenvalue weighted by Gasteiger charge is -2.18. The molecule has 1 rings (SSSR count). The van der Waals surface area contributed by atoms with Gasteiger partial charge in [-0.25, -0.2) is 0 Å². The number of benzene rings is 1. The fourth-order valence-corrected chi connectivity index (χ4v) is 2.57. The summed E-state index contributed by atoms with van der Waals surface area (Å²) in [4.78, 5) is 12.3. The number of hydrogen-bond acceptors (Lipinski definition) is 3. The molecule has 0 bridgehead atoms. The Labute approximate surface area is 124 Å². The molecule has 0 aliphatic heterocycles. The first-order valence-corrected chi connectivity index (χ1v) is 7.99. The summed E-state index contributed by atoms with van der Waals surface area (Å²) in [5, 5.41) is 0.654. The molecule has 0 saturated carbocycles. The van der Waals surface area contributed by atoms with E-state index < -0.39 is 0 Å². The van der Waals surface area contributed by atoms with Crippen LogP contribution in [0, 0.1) is 13.8 Å². The Morgan fingerprint density at radius 3 is 2.58 bits per heavy atom. The van der Waals surface area contributed by atoms with E-state index in [-0.39, 0.29) is 11.9 Å². The second kappa shape index (κ2) is 7.20. The van der Waals surface area contributed by atoms with Crippen LogP contribution in [0.4, 0.5) is 0 Å². The van der Waals surface area contributed by atoms with Gasteiger partial charge in [0, 0.05) is 5.02 Å². The van der Waals surface area contributed by atoms with Crippen molar-refractivity contribution >= 4 is 29.1 Å². The molecule has 0 radical (unpaired) electrons. The molecule has 0 spiro atoms. The van der Waals surface area contributed by atoms with Crippen molar-refractivity contribution in [2.45, 2.75) is 40.7 Å². The highest BCUT2D eigenvalue weighted by Gasteiger charge is 2.20. The fourth-order valence-electron chi connectivity index (χ4n) is 1.88. The van der Waals surface area contributed by atoms with Crippen LogP contribution in [0.1, 0.15) is 42.3 Å². The molecule has 0 amide bonds. The zero-order chi connectivity index (χ0) is 14.6. The first-order chi connectivity index (χ1) is 8.88. The van der Waals surface area contributed by atoms with Crippen LogP contribution < -0.4 is 4.74 Å². The van der Waals surface area contributed by atoms with E-state index >= 15 is 0 Å². The maximum atomic E-state index is 12.3. The molecule has 19 heavy (non-hydrogen) atoms. The van der Waals surface area contributed by atoms with Gasteiger partial charge in [-0.3, -0.25) is 4.79 Å². The van der Waals surface area contributed by atoms with Crippen LogP contribution >= 0.6 is 23.4 Å². The molecule has 0 aliphatic carbocycles. The second-order valence-corrected chi connectivity index (χ2v) is 6.38. The summed E-state index contributed by atoms with van der Waals surface area (Å²) < 4.78 is 5.77. The quantitative estimate of drug-likeness (QED) is 0.714. The monoisotopic (exact) mass is 300 g/mol. The van der Waals surface area contributed by atoms with E-state index in [0.717, 1.165) is 16.9 Å². The third kappa shape index (κ3) is 4.15. The fraction of sp³-hybridized carbons (Fsp3) is 0.533. The van der Waals surface area contributed by atoms with E-state index in [1.807, 2.05) is 40.7 Å². The molecular weight excluding hydrogens is 280 g/mol. The number of thioether (sulfide) groups is 1. The van der Waals surface area contributed by atoms with Gasteiger partial charge >= 0.3 is 0 Å². The second-order valence-electron chi connectivity index (χ2n) is 4.73. The van der Waals surface area contributed by atoms with E-state index in [2.05, 4.69) is 0 Å². The maximum Gasteiger partial charge on any atom is 0.176 e. The Bertz CT molecular complexity index is 470. The molecule has 0 unspecified atom stereocenters. The summed E-state index contributed by atoms with van der Waals surface area (Å²) in [5.74, 6) is 2.12. The number of carbonyl (C=O) groups is 1. The normalized spacial score (nSPS) is 10.9. The van der Waals surface area contributed by atoms with E-state index in [9.17, 15) is 4.79 Å². The number of ether oxygens (including phenoxy) is 1. The topological polar surface area (TPSA) is 26.3 Å². The van der Waals surface area contributed by atoms with Crippen molar-refractivity contribution in [1.29, 1.82) is 0 Å². The molecule has 1 aromatic rings. The summed E-state index contributed by atoms with van der Waals surface area (Å²) >= 11 is 7.86. The van der Waals surface area contributed by atoms with Crippen molar-refractivity contribution in [3.05, 3.63) is 27.8 Å². The average Bonchev–Trinajstić information content (AvgIpc) is 2.32. The minimum atomic E-state index is 0.0327. The Hall–Kier alpha value is -0.670. The summed E-state index contributed by atoms with van der Waals surface area (Å²) in [5.41, 5.74) is 2.39. The predicted molar refractivity (Wildman–Crippen MR) is 84.0 cm³/mol. The summed E-state index contributed by atoms with van der Waals surface area (Å²) in [6, 6.07) is 1.86. The van der Waals surface area contributed by atoms with Gasteiger partial charge < -0.3 is 4.74 Å². The standard InChI is InChI=1S/C15H21ClO2S/c1-6-19-8-12(17)14-11(5)15(16)10(4)7-13(14)18-9(2)3/h7,9H,6,8H2,1-5H3. The summed E-state index contributed by atoms with van der Waals surface area (Å²) in [6.07, 6.45) is 0.0327. The van der Waals surface area contributed by atoms with Crippen molar-refractivity contribution in [3.63, 3.8) is 0 Å². The van der Waals surface area contributed by atoms with Crippen molar-refractivity contribution in [2.75, 3.05) is 11.5 Å². The van der Waals surface area contributed by atoms with Crippen LogP contribution in [0.3, 0.4) is 0 Å². The molecule has 0 saturated heterocycles. The number of aryl methyl sites for hydroxylation is 1. The van der Waals surface area contributed by atoms with Crippen molar-refractivity contribution in [1.82, 2.24) is 0 Å². The van der Waals surface area contributed by atoms with Gasteiger partial charge in [-0.2, -0.15) is 11.8 Å². The molecule has 106 valence electrons. The van der Waals surface area contributed by atoms with Gasteiger partial charge in [-0.05, 0) is 50.6 Å². The summed E-state index contributed by atoms with van der Waals surface area (Å²) in [7, 11) is 0. The number of ketones is 1. The van der Waals surface area contributed by atoms with Gasteiger partial charge in [-0.15, -0.1) is 0 Å². The third-order valence-electron chi connectivity index (χ3n) is 2.72. The molecule has 2 nitrogen and oxygen atoms in total. The van der Waals surface area contributed by atoms with Crippen LogP contribution in [0.5, 0.6) is 5.75 Å². The van der Waals surface area contributed by atoms with Crippen LogP contribution in [-0.2, 0) is 0 Å². The Morgan fingerprint density at radius 1 is 1.42 bits per heavy atom. The highest BCUT2D eigenvalue weighted by atomic mass is 35.5. The lowest BCUT2D eigenvalue weighted by atomic mass is 10.0. The minimum Gasteiger partial charge on any atom is -0.490 e. The molecule has 0 heterocycles. The van der Waals surface area contributed by atoms with E-state index in [1.54, 1.807) is 11.8 Å². The molecule has 0 aliphatic rings. The largest absolute Gasteiger partial charge is 0.490 e. The van der Waals surface area contributed by atoms with Gasteiger partial charge in [0.15, 0.2) is 5.78 Å². The van der Waals surface area contributed by atoms with Gasteiger partial charge in [-0.1, -0.05) is 18.5 Å². The molecule has 0 N–H and O–H groups in total. The van der Waals surface area contributed by atoms with Gasteiger partial charge in [0.25, 0.3) is 0 Å². The number of hydrogen-bond donors (Lipinski definition) is 0. The highest BCUT2D eigenvalue weighted by molar-refractivity contribution is 7.99. The van der Waals surface area contributed by atoms with Crippen molar-refractivity contribution < 1.29 is 9.53 Å².